The van der Waals surface area contributed by atoms with Crippen LogP contribution in [0.1, 0.15) is 5.56 Å². The highest BCUT2D eigenvalue weighted by Gasteiger charge is 2.13. The summed E-state index contributed by atoms with van der Waals surface area (Å²) in [5.74, 6) is 2.28. The lowest BCUT2D eigenvalue weighted by Crippen LogP contribution is -1.92. The van der Waals surface area contributed by atoms with Gasteiger partial charge in [-0.15, -0.1) is 0 Å². The number of rotatable bonds is 4. The molecule has 0 radical (unpaired) electrons. The van der Waals surface area contributed by atoms with Gasteiger partial charge in [0.2, 0.25) is 0 Å². The minimum atomic E-state index is 0.404. The molecule has 0 amide bonds. The van der Waals surface area contributed by atoms with Gasteiger partial charge in [0.1, 0.15) is 34.6 Å². The predicted octanol–water partition coefficient (Wildman–Crippen LogP) is 7.43. The van der Waals surface area contributed by atoms with E-state index < -0.39 is 0 Å². The van der Waals surface area contributed by atoms with E-state index in [1.54, 1.807) is 12.1 Å². The van der Waals surface area contributed by atoms with E-state index in [2.05, 4.69) is 53.9 Å². The average Bonchev–Trinajstić information content (AvgIpc) is 2.55. The summed E-state index contributed by atoms with van der Waals surface area (Å²) in [5, 5.41) is 9.43. The monoisotopic (exact) mass is 521 g/mol. The molecule has 0 heterocycles. The fraction of sp³-hybridized carbons (Fsp3) is 0. The standard InChI is InChI=1S/C19H10Br3NO2/c20-12-3-1-5-14(7-12)24-16-9-18(22)17(11-23)19(10-16)25-15-6-2-4-13(21)8-15/h1-10H. The lowest BCUT2D eigenvalue weighted by molar-refractivity contribution is 0.458. The van der Waals surface area contributed by atoms with E-state index in [1.165, 1.54) is 0 Å². The molecule has 0 atom stereocenters. The minimum absolute atomic E-state index is 0.404. The van der Waals surface area contributed by atoms with Crippen LogP contribution in [-0.2, 0) is 0 Å². The van der Waals surface area contributed by atoms with Gasteiger partial charge in [-0.2, -0.15) is 5.26 Å². The molecular weight excluding hydrogens is 514 g/mol. The van der Waals surface area contributed by atoms with Crippen LogP contribution in [0.25, 0.3) is 0 Å². The van der Waals surface area contributed by atoms with Crippen molar-refractivity contribution in [3.63, 3.8) is 0 Å². The van der Waals surface area contributed by atoms with Gasteiger partial charge in [0.15, 0.2) is 0 Å². The average molecular weight is 524 g/mol. The molecule has 0 saturated heterocycles. The first-order valence-corrected chi connectivity index (χ1v) is 9.53. The number of hydrogen-bond donors (Lipinski definition) is 0. The highest BCUT2D eigenvalue weighted by atomic mass is 79.9. The lowest BCUT2D eigenvalue weighted by Gasteiger charge is -2.12. The van der Waals surface area contributed by atoms with Gasteiger partial charge >= 0.3 is 0 Å². The third-order valence-corrected chi connectivity index (χ3v) is 4.81. The summed E-state index contributed by atoms with van der Waals surface area (Å²) in [5.41, 5.74) is 0.404. The second-order valence-corrected chi connectivity index (χ2v) is 7.69. The van der Waals surface area contributed by atoms with Crippen molar-refractivity contribution in [3.05, 3.63) is 79.6 Å². The Labute approximate surface area is 170 Å². The molecule has 0 aliphatic carbocycles. The molecule has 0 saturated carbocycles. The zero-order valence-electron chi connectivity index (χ0n) is 12.7. The predicted molar refractivity (Wildman–Crippen MR) is 107 cm³/mol. The maximum atomic E-state index is 9.43. The first kappa shape index (κ1) is 18.0. The van der Waals surface area contributed by atoms with E-state index in [4.69, 9.17) is 9.47 Å². The van der Waals surface area contributed by atoms with Crippen LogP contribution in [-0.4, -0.2) is 0 Å². The van der Waals surface area contributed by atoms with Crippen LogP contribution in [0.4, 0.5) is 0 Å². The summed E-state index contributed by atoms with van der Waals surface area (Å²) < 4.78 is 14.2. The SMILES string of the molecule is N#Cc1c(Br)cc(Oc2cccc(Br)c2)cc1Oc1cccc(Br)c1. The van der Waals surface area contributed by atoms with Gasteiger partial charge in [0, 0.05) is 19.5 Å². The van der Waals surface area contributed by atoms with Crippen molar-refractivity contribution in [2.45, 2.75) is 0 Å². The smallest absolute Gasteiger partial charge is 0.150 e. The van der Waals surface area contributed by atoms with Crippen molar-refractivity contribution in [2.75, 3.05) is 0 Å². The van der Waals surface area contributed by atoms with Crippen LogP contribution in [0.5, 0.6) is 23.0 Å². The van der Waals surface area contributed by atoms with Crippen LogP contribution < -0.4 is 9.47 Å². The molecule has 0 aliphatic rings. The fourth-order valence-electron chi connectivity index (χ4n) is 2.13. The maximum Gasteiger partial charge on any atom is 0.150 e. The Hall–Kier alpha value is -1.81. The molecule has 0 N–H and O–H groups in total. The fourth-order valence-corrected chi connectivity index (χ4v) is 3.40. The Bertz CT molecular complexity index is 967. The largest absolute Gasteiger partial charge is 0.457 e. The zero-order chi connectivity index (χ0) is 17.8. The molecule has 3 rings (SSSR count). The number of benzene rings is 3. The van der Waals surface area contributed by atoms with E-state index in [-0.39, 0.29) is 0 Å². The van der Waals surface area contributed by atoms with Crippen molar-refractivity contribution >= 4 is 47.8 Å². The van der Waals surface area contributed by atoms with Gasteiger partial charge in [-0.05, 0) is 58.4 Å². The quantitative estimate of drug-likeness (QED) is 0.357. The Morgan fingerprint density at radius 3 is 1.88 bits per heavy atom. The number of halogens is 3. The first-order valence-electron chi connectivity index (χ1n) is 7.15. The van der Waals surface area contributed by atoms with Gasteiger partial charge in [-0.1, -0.05) is 44.0 Å². The van der Waals surface area contributed by atoms with Gasteiger partial charge in [-0.3, -0.25) is 0 Å². The number of nitriles is 1. The molecule has 0 bridgehead atoms. The molecular formula is C19H10Br3NO2. The zero-order valence-corrected chi connectivity index (χ0v) is 17.4. The molecule has 0 aromatic heterocycles. The Kier molecular flexibility index (Phi) is 5.79. The summed E-state index contributed by atoms with van der Waals surface area (Å²) in [6.07, 6.45) is 0. The lowest BCUT2D eigenvalue weighted by atomic mass is 10.2. The molecule has 0 aliphatic heterocycles. The Balaban J connectivity index is 1.96. The highest BCUT2D eigenvalue weighted by molar-refractivity contribution is 9.11. The van der Waals surface area contributed by atoms with Crippen molar-refractivity contribution < 1.29 is 9.47 Å². The van der Waals surface area contributed by atoms with Crippen LogP contribution in [0.3, 0.4) is 0 Å². The van der Waals surface area contributed by atoms with Crippen molar-refractivity contribution in [1.82, 2.24) is 0 Å². The second kappa shape index (κ2) is 8.05. The van der Waals surface area contributed by atoms with E-state index in [0.29, 0.717) is 33.0 Å². The van der Waals surface area contributed by atoms with Gasteiger partial charge < -0.3 is 9.47 Å². The van der Waals surface area contributed by atoms with Crippen molar-refractivity contribution in [3.8, 4) is 29.1 Å². The van der Waals surface area contributed by atoms with Gasteiger partial charge in [0.05, 0.1) is 0 Å². The normalized spacial score (nSPS) is 10.2. The van der Waals surface area contributed by atoms with Crippen molar-refractivity contribution in [2.24, 2.45) is 0 Å². The van der Waals surface area contributed by atoms with Crippen LogP contribution in [0, 0.1) is 11.3 Å². The highest BCUT2D eigenvalue weighted by Crippen LogP contribution is 2.37. The number of nitrogens with zero attached hydrogens (tertiary/aromatic N) is 1. The molecule has 0 fully saturated rings. The third-order valence-electron chi connectivity index (χ3n) is 3.20. The molecule has 25 heavy (non-hydrogen) atoms. The molecule has 3 nitrogen and oxygen atoms in total. The summed E-state index contributed by atoms with van der Waals surface area (Å²) >= 11 is 10.2. The van der Waals surface area contributed by atoms with Crippen molar-refractivity contribution in [1.29, 1.82) is 5.26 Å². The minimum Gasteiger partial charge on any atom is -0.457 e. The van der Waals surface area contributed by atoms with Crippen LogP contribution >= 0.6 is 47.8 Å². The van der Waals surface area contributed by atoms with Crippen LogP contribution in [0.15, 0.2) is 74.1 Å². The van der Waals surface area contributed by atoms with E-state index in [1.807, 2.05) is 48.5 Å². The van der Waals surface area contributed by atoms with Crippen LogP contribution in [0.2, 0.25) is 0 Å². The molecule has 0 unspecified atom stereocenters. The summed E-state index contributed by atoms with van der Waals surface area (Å²) in [6, 6.07) is 20.5. The molecule has 3 aromatic carbocycles. The Morgan fingerprint density at radius 2 is 1.32 bits per heavy atom. The molecule has 0 spiro atoms. The van der Waals surface area contributed by atoms with Gasteiger partial charge in [-0.25, -0.2) is 0 Å². The molecule has 3 aromatic rings. The van der Waals surface area contributed by atoms with E-state index in [0.717, 1.165) is 8.95 Å². The maximum absolute atomic E-state index is 9.43. The van der Waals surface area contributed by atoms with E-state index in [9.17, 15) is 5.26 Å². The number of ether oxygens (including phenoxy) is 2. The molecule has 6 heteroatoms. The molecule has 124 valence electrons. The number of hydrogen-bond acceptors (Lipinski definition) is 3. The summed E-state index contributed by atoms with van der Waals surface area (Å²) in [4.78, 5) is 0. The summed E-state index contributed by atoms with van der Waals surface area (Å²) in [6.45, 7) is 0. The Morgan fingerprint density at radius 1 is 0.720 bits per heavy atom. The van der Waals surface area contributed by atoms with Gasteiger partial charge in [0.25, 0.3) is 0 Å². The summed E-state index contributed by atoms with van der Waals surface area (Å²) in [7, 11) is 0. The topological polar surface area (TPSA) is 42.2 Å². The second-order valence-electron chi connectivity index (χ2n) is 5.01. The third kappa shape index (κ3) is 4.63. The first-order chi connectivity index (χ1) is 12.0. The van der Waals surface area contributed by atoms with E-state index >= 15 is 0 Å².